The molecule has 1 fully saturated rings. The number of carbonyl (C=O) groups is 1. The summed E-state index contributed by atoms with van der Waals surface area (Å²) in [6, 6.07) is 13.8. The van der Waals surface area contributed by atoms with Crippen molar-refractivity contribution in [2.24, 2.45) is 5.92 Å². The average molecular weight is 507 g/mol. The smallest absolute Gasteiger partial charge is 0.306 e. The monoisotopic (exact) mass is 506 g/mol. The van der Waals surface area contributed by atoms with E-state index in [2.05, 4.69) is 4.90 Å². The van der Waals surface area contributed by atoms with Crippen molar-refractivity contribution in [2.75, 3.05) is 27.3 Å². The predicted molar refractivity (Wildman–Crippen MR) is 135 cm³/mol. The number of aromatic hydroxyl groups is 1. The Labute approximate surface area is 213 Å². The van der Waals surface area contributed by atoms with Crippen LogP contribution >= 0.6 is 0 Å². The second-order valence-corrected chi connectivity index (χ2v) is 9.76. The summed E-state index contributed by atoms with van der Waals surface area (Å²) in [5.41, 5.74) is 1.09. The maximum Gasteiger partial charge on any atom is 0.306 e. The lowest BCUT2D eigenvalue weighted by Crippen LogP contribution is -2.46. The second kappa shape index (κ2) is 10.3. The normalized spacial score (nSPS) is 19.6. The molecule has 1 aromatic carbocycles. The molecule has 3 aromatic rings. The number of esters is 1. The van der Waals surface area contributed by atoms with E-state index < -0.39 is 23.1 Å². The lowest BCUT2D eigenvalue weighted by molar-refractivity contribution is -0.140. The number of carbonyl (C=O) groups excluding carboxylic acids is 1. The van der Waals surface area contributed by atoms with Crippen LogP contribution in [0.3, 0.4) is 0 Å². The summed E-state index contributed by atoms with van der Waals surface area (Å²) in [6.07, 6.45) is 0.871. The van der Waals surface area contributed by atoms with E-state index in [4.69, 9.17) is 13.9 Å². The Kier molecular flexibility index (Phi) is 6.88. The van der Waals surface area contributed by atoms with Gasteiger partial charge < -0.3 is 23.6 Å². The molecule has 2 aliphatic heterocycles. The largest absolute Gasteiger partial charge is 0.502 e. The summed E-state index contributed by atoms with van der Waals surface area (Å²) in [4.78, 5) is 39.7. The highest BCUT2D eigenvalue weighted by Crippen LogP contribution is 2.39. The molecule has 0 radical (unpaired) electrons. The van der Waals surface area contributed by atoms with Gasteiger partial charge in [0.2, 0.25) is 11.2 Å². The van der Waals surface area contributed by atoms with Gasteiger partial charge in [-0.1, -0.05) is 24.3 Å². The van der Waals surface area contributed by atoms with Gasteiger partial charge in [0.05, 0.1) is 33.1 Å². The van der Waals surface area contributed by atoms with E-state index in [1.807, 2.05) is 10.6 Å². The molecule has 2 aliphatic rings. The van der Waals surface area contributed by atoms with Crippen molar-refractivity contribution in [1.29, 1.82) is 0 Å². The highest BCUT2D eigenvalue weighted by atomic mass is 16.5. The van der Waals surface area contributed by atoms with Crippen LogP contribution in [0, 0.1) is 5.92 Å². The molecule has 194 valence electrons. The number of benzene rings is 1. The minimum absolute atomic E-state index is 0.00602. The summed E-state index contributed by atoms with van der Waals surface area (Å²) in [5.74, 6) is -0.397. The molecular formula is C28H30N2O7. The number of para-hydroxylation sites is 1. The molecular weight excluding hydrogens is 476 g/mol. The molecule has 1 unspecified atom stereocenters. The van der Waals surface area contributed by atoms with Crippen molar-refractivity contribution >= 4 is 5.97 Å². The van der Waals surface area contributed by atoms with Gasteiger partial charge in [-0.3, -0.25) is 19.3 Å². The van der Waals surface area contributed by atoms with Crippen LogP contribution in [-0.4, -0.2) is 47.9 Å². The van der Waals surface area contributed by atoms with E-state index in [0.29, 0.717) is 36.1 Å². The third kappa shape index (κ3) is 4.91. The highest BCUT2D eigenvalue weighted by molar-refractivity contribution is 5.71. The summed E-state index contributed by atoms with van der Waals surface area (Å²) >= 11 is 0. The van der Waals surface area contributed by atoms with Crippen LogP contribution in [0.5, 0.6) is 11.5 Å². The molecule has 9 nitrogen and oxygen atoms in total. The Morgan fingerprint density at radius 1 is 1.11 bits per heavy atom. The molecule has 0 saturated carbocycles. The Morgan fingerprint density at radius 3 is 2.70 bits per heavy atom. The third-order valence-electron chi connectivity index (χ3n) is 7.36. The Morgan fingerprint density at radius 2 is 1.92 bits per heavy atom. The van der Waals surface area contributed by atoms with Crippen molar-refractivity contribution < 1.29 is 23.8 Å². The third-order valence-corrected chi connectivity index (χ3v) is 7.36. The van der Waals surface area contributed by atoms with Gasteiger partial charge in [-0.2, -0.15) is 0 Å². The number of rotatable bonds is 7. The average Bonchev–Trinajstić information content (AvgIpc) is 2.90. The molecule has 0 aliphatic carbocycles. The molecule has 4 heterocycles. The topological polar surface area (TPSA) is 111 Å². The van der Waals surface area contributed by atoms with E-state index in [-0.39, 0.29) is 23.7 Å². The minimum Gasteiger partial charge on any atom is -0.502 e. The van der Waals surface area contributed by atoms with Crippen molar-refractivity contribution in [3.63, 3.8) is 0 Å². The lowest BCUT2D eigenvalue weighted by Gasteiger charge is -2.42. The number of fused-ring (bicyclic) bond motifs is 4. The molecule has 5 rings (SSSR count). The van der Waals surface area contributed by atoms with E-state index >= 15 is 0 Å². The highest BCUT2D eigenvalue weighted by Gasteiger charge is 2.35. The zero-order chi connectivity index (χ0) is 26.1. The number of likely N-dealkylation sites (tertiary alicyclic amines) is 1. The van der Waals surface area contributed by atoms with Gasteiger partial charge in [0, 0.05) is 48.9 Å². The van der Waals surface area contributed by atoms with Crippen LogP contribution in [0.1, 0.15) is 47.5 Å². The van der Waals surface area contributed by atoms with E-state index in [9.17, 15) is 19.5 Å². The fraction of sp³-hybridized carbons (Fsp3) is 0.393. The fourth-order valence-electron chi connectivity index (χ4n) is 5.76. The Bertz CT molecular complexity index is 1430. The molecule has 3 atom stereocenters. The first-order chi connectivity index (χ1) is 17.9. The first-order valence-corrected chi connectivity index (χ1v) is 12.4. The standard InChI is InChI=1S/C28H30N2O7/c1-35-24-8-4-3-6-20(24)21(12-26(33)36-2)28-27(34)23(31)11-19(37-28)16-29-13-17-10-18(15-29)22-7-5-9-25(32)30(22)14-17/h3-9,11,17-18,21,34H,10,12-16H2,1-2H3/t17-,18+,21?/m1/s1. The zero-order valence-electron chi connectivity index (χ0n) is 20.9. The molecule has 0 spiro atoms. The van der Waals surface area contributed by atoms with Crippen molar-refractivity contribution in [1.82, 2.24) is 9.47 Å². The summed E-state index contributed by atoms with van der Waals surface area (Å²) in [5, 5.41) is 10.7. The SMILES string of the molecule is COC(=O)CC(c1ccccc1OC)c1oc(CN2C[C@H]3C[C@@H](C2)c2cccc(=O)n2C3)cc(=O)c1O. The fourth-order valence-corrected chi connectivity index (χ4v) is 5.76. The summed E-state index contributed by atoms with van der Waals surface area (Å²) < 4.78 is 18.4. The van der Waals surface area contributed by atoms with Gasteiger partial charge in [0.25, 0.3) is 5.56 Å². The number of piperidine rings is 1. The molecule has 1 N–H and O–H groups in total. The van der Waals surface area contributed by atoms with Crippen LogP contribution in [0.25, 0.3) is 0 Å². The molecule has 9 heteroatoms. The number of nitrogens with zero attached hydrogens (tertiary/aromatic N) is 2. The van der Waals surface area contributed by atoms with Crippen molar-refractivity contribution in [3.05, 3.63) is 91.9 Å². The summed E-state index contributed by atoms with van der Waals surface area (Å²) in [7, 11) is 2.80. The van der Waals surface area contributed by atoms with Gasteiger partial charge in [-0.15, -0.1) is 0 Å². The Hall–Kier alpha value is -3.85. The number of aromatic nitrogens is 1. The first-order valence-electron chi connectivity index (χ1n) is 12.4. The maximum atomic E-state index is 12.8. The lowest BCUT2D eigenvalue weighted by atomic mass is 9.83. The maximum absolute atomic E-state index is 12.8. The van der Waals surface area contributed by atoms with Gasteiger partial charge in [-0.25, -0.2) is 0 Å². The van der Waals surface area contributed by atoms with Crippen LogP contribution in [0.15, 0.2) is 62.5 Å². The molecule has 2 bridgehead atoms. The first kappa shape index (κ1) is 24.8. The quantitative estimate of drug-likeness (QED) is 0.487. The van der Waals surface area contributed by atoms with Crippen LogP contribution in [0.4, 0.5) is 0 Å². The van der Waals surface area contributed by atoms with E-state index in [1.165, 1.54) is 20.3 Å². The van der Waals surface area contributed by atoms with Crippen LogP contribution < -0.4 is 15.7 Å². The van der Waals surface area contributed by atoms with E-state index in [1.54, 1.807) is 36.4 Å². The van der Waals surface area contributed by atoms with E-state index in [0.717, 1.165) is 25.2 Å². The Balaban J connectivity index is 1.47. The predicted octanol–water partition coefficient (Wildman–Crippen LogP) is 2.83. The van der Waals surface area contributed by atoms with Gasteiger partial charge in [-0.05, 0) is 24.5 Å². The number of pyridine rings is 1. The number of ether oxygens (including phenoxy) is 2. The van der Waals surface area contributed by atoms with Crippen LogP contribution in [-0.2, 0) is 22.6 Å². The molecule has 2 aromatic heterocycles. The zero-order valence-corrected chi connectivity index (χ0v) is 20.9. The number of hydrogen-bond acceptors (Lipinski definition) is 8. The number of methoxy groups -OCH3 is 2. The molecule has 0 amide bonds. The summed E-state index contributed by atoms with van der Waals surface area (Å²) in [6.45, 7) is 2.51. The molecule has 37 heavy (non-hydrogen) atoms. The molecule has 1 saturated heterocycles. The van der Waals surface area contributed by atoms with Crippen molar-refractivity contribution in [3.8, 4) is 11.5 Å². The van der Waals surface area contributed by atoms with Gasteiger partial charge in [0.1, 0.15) is 11.5 Å². The second-order valence-electron chi connectivity index (χ2n) is 9.76. The number of hydrogen-bond donors (Lipinski definition) is 1. The van der Waals surface area contributed by atoms with Gasteiger partial charge in [0.15, 0.2) is 5.76 Å². The van der Waals surface area contributed by atoms with Gasteiger partial charge >= 0.3 is 5.97 Å². The van der Waals surface area contributed by atoms with Crippen LogP contribution in [0.2, 0.25) is 0 Å². The minimum atomic E-state index is -0.782. The van der Waals surface area contributed by atoms with Crippen molar-refractivity contribution in [2.45, 2.75) is 37.8 Å².